The molecule has 5 rings (SSSR count). The quantitative estimate of drug-likeness (QED) is 0.182. The van der Waals surface area contributed by atoms with E-state index in [2.05, 4.69) is 26.0 Å². The van der Waals surface area contributed by atoms with Crippen LogP contribution in [-0.2, 0) is 10.0 Å². The van der Waals surface area contributed by atoms with Crippen molar-refractivity contribution >= 4 is 48.5 Å². The van der Waals surface area contributed by atoms with Crippen molar-refractivity contribution in [1.82, 2.24) is 5.32 Å². The molecule has 3 N–H and O–H groups in total. The Morgan fingerprint density at radius 2 is 1.88 bits per heavy atom. The van der Waals surface area contributed by atoms with Gasteiger partial charge in [0.2, 0.25) is 10.0 Å². The molecule has 0 saturated heterocycles. The Bertz CT molecular complexity index is 1660. The van der Waals surface area contributed by atoms with E-state index in [0.717, 1.165) is 18.4 Å². The minimum absolute atomic E-state index is 0.0453. The lowest BCUT2D eigenvalue weighted by Gasteiger charge is -2.15. The van der Waals surface area contributed by atoms with E-state index in [1.165, 1.54) is 43.4 Å². The molecule has 4 aromatic rings. The number of benzene rings is 3. The molecule has 1 aromatic heterocycles. The summed E-state index contributed by atoms with van der Waals surface area (Å²) < 4.78 is 62.9. The first-order valence-corrected chi connectivity index (χ1v) is 15.2. The number of carbonyl (C=O) groups is 1. The maximum Gasteiger partial charge on any atom is 0.255 e. The second-order valence-electron chi connectivity index (χ2n) is 9.82. The number of rotatable bonds is 10. The Balaban J connectivity index is 1.42. The summed E-state index contributed by atoms with van der Waals surface area (Å²) in [5, 5.41) is 13.6. The van der Waals surface area contributed by atoms with Crippen LogP contribution in [0.25, 0.3) is 22.3 Å². The number of fused-ring (bicyclic) bond motifs is 1. The topological polar surface area (TPSA) is 109 Å². The third-order valence-corrected chi connectivity index (χ3v) is 8.98. The Labute approximate surface area is 238 Å². The number of nitrogens with one attached hydrogen (secondary N) is 2. The molecule has 210 valence electrons. The summed E-state index contributed by atoms with van der Waals surface area (Å²) in [6.45, 7) is 0. The molecule has 1 fully saturated rings. The van der Waals surface area contributed by atoms with Crippen molar-refractivity contribution in [3.8, 4) is 11.3 Å². The monoisotopic (exact) mass is 632 g/mol. The summed E-state index contributed by atoms with van der Waals surface area (Å²) in [4.78, 5) is 12.9. The standard InChI is InChI=1S/C29H27BrF2N2O5S/c1-33-29(36)26-20-14-19(16-7-8-16)23(15-25(20)39-28(26)17-9-11-18(31)12-10-17)34-40(37,38)13-3-6-24(35)27-21(30)4-2-5-22(27)32/h2,4-5,9-12,14-16,24,34-35H,3,6-8,13H2,1H3,(H,33,36). The number of aliphatic hydroxyl groups excluding tert-OH is 1. The van der Waals surface area contributed by atoms with E-state index in [0.29, 0.717) is 26.7 Å². The van der Waals surface area contributed by atoms with Gasteiger partial charge in [-0.05, 0) is 79.6 Å². The number of anilines is 1. The number of furan rings is 1. The Kier molecular flexibility index (Phi) is 7.98. The first-order chi connectivity index (χ1) is 19.1. The minimum Gasteiger partial charge on any atom is -0.455 e. The van der Waals surface area contributed by atoms with Gasteiger partial charge in [-0.1, -0.05) is 22.0 Å². The van der Waals surface area contributed by atoms with E-state index in [-0.39, 0.29) is 47.3 Å². The number of aliphatic hydroxyl groups is 1. The van der Waals surface area contributed by atoms with E-state index in [1.54, 1.807) is 18.2 Å². The lowest BCUT2D eigenvalue weighted by molar-refractivity contribution is 0.0964. The van der Waals surface area contributed by atoms with Gasteiger partial charge in [0.15, 0.2) is 0 Å². The fourth-order valence-corrected chi connectivity index (χ4v) is 6.56. The van der Waals surface area contributed by atoms with Gasteiger partial charge in [0.1, 0.15) is 23.0 Å². The highest BCUT2D eigenvalue weighted by Crippen LogP contribution is 2.47. The number of carbonyl (C=O) groups excluding carboxylic acids is 1. The van der Waals surface area contributed by atoms with Crippen LogP contribution in [0.3, 0.4) is 0 Å². The smallest absolute Gasteiger partial charge is 0.255 e. The molecule has 1 aliphatic rings. The summed E-state index contributed by atoms with van der Waals surface area (Å²) >= 11 is 3.23. The molecule has 0 bridgehead atoms. The average Bonchev–Trinajstić information content (AvgIpc) is 3.68. The minimum atomic E-state index is -3.84. The van der Waals surface area contributed by atoms with Gasteiger partial charge in [-0.3, -0.25) is 9.52 Å². The fraction of sp³-hybridized carbons (Fsp3) is 0.276. The molecule has 0 aliphatic heterocycles. The molecule has 11 heteroatoms. The summed E-state index contributed by atoms with van der Waals surface area (Å²) in [5.41, 5.74) is 2.30. The first-order valence-electron chi connectivity index (χ1n) is 12.8. The predicted molar refractivity (Wildman–Crippen MR) is 153 cm³/mol. The molecular weight excluding hydrogens is 606 g/mol. The summed E-state index contributed by atoms with van der Waals surface area (Å²) in [5.74, 6) is -1.29. The van der Waals surface area contributed by atoms with Crippen molar-refractivity contribution in [3.05, 3.63) is 87.4 Å². The van der Waals surface area contributed by atoms with Crippen LogP contribution < -0.4 is 10.0 Å². The zero-order chi connectivity index (χ0) is 28.6. The SMILES string of the molecule is CNC(=O)c1c(-c2ccc(F)cc2)oc2cc(NS(=O)(=O)CCCC(O)c3c(F)cccc3Br)c(C3CC3)cc12. The van der Waals surface area contributed by atoms with Crippen LogP contribution in [0.15, 0.2) is 63.5 Å². The fourth-order valence-electron chi connectivity index (χ4n) is 4.79. The summed E-state index contributed by atoms with van der Waals surface area (Å²) in [7, 11) is -2.34. The van der Waals surface area contributed by atoms with Crippen molar-refractivity contribution in [1.29, 1.82) is 0 Å². The van der Waals surface area contributed by atoms with Crippen molar-refractivity contribution in [2.75, 3.05) is 17.5 Å². The zero-order valence-electron chi connectivity index (χ0n) is 21.5. The van der Waals surface area contributed by atoms with Crippen molar-refractivity contribution in [3.63, 3.8) is 0 Å². The highest BCUT2D eigenvalue weighted by molar-refractivity contribution is 9.10. The third kappa shape index (κ3) is 5.91. The Morgan fingerprint density at radius 3 is 2.52 bits per heavy atom. The van der Waals surface area contributed by atoms with Crippen LogP contribution in [0.2, 0.25) is 0 Å². The lowest BCUT2D eigenvalue weighted by atomic mass is 10.0. The van der Waals surface area contributed by atoms with Crippen LogP contribution in [-0.4, -0.2) is 32.2 Å². The summed E-state index contributed by atoms with van der Waals surface area (Å²) in [6.07, 6.45) is 0.725. The van der Waals surface area contributed by atoms with E-state index in [1.807, 2.05) is 0 Å². The molecule has 7 nitrogen and oxygen atoms in total. The van der Waals surface area contributed by atoms with Gasteiger partial charge in [0.25, 0.3) is 5.91 Å². The molecular formula is C29H27BrF2N2O5S. The molecule has 3 aromatic carbocycles. The lowest BCUT2D eigenvalue weighted by Crippen LogP contribution is -2.19. The normalized spacial score (nSPS) is 14.3. The van der Waals surface area contributed by atoms with E-state index < -0.39 is 27.8 Å². The maximum atomic E-state index is 14.2. The molecule has 1 atom stereocenters. The average molecular weight is 634 g/mol. The van der Waals surface area contributed by atoms with Crippen LogP contribution in [0.4, 0.5) is 14.5 Å². The van der Waals surface area contributed by atoms with Crippen molar-refractivity contribution in [2.24, 2.45) is 0 Å². The zero-order valence-corrected chi connectivity index (χ0v) is 23.9. The van der Waals surface area contributed by atoms with E-state index in [9.17, 15) is 27.1 Å². The van der Waals surface area contributed by atoms with E-state index in [4.69, 9.17) is 4.42 Å². The largest absolute Gasteiger partial charge is 0.455 e. The van der Waals surface area contributed by atoms with Gasteiger partial charge in [0.05, 0.1) is 23.1 Å². The Morgan fingerprint density at radius 1 is 1.15 bits per heavy atom. The molecule has 1 amide bonds. The highest BCUT2D eigenvalue weighted by Gasteiger charge is 2.31. The van der Waals surface area contributed by atoms with Crippen molar-refractivity contribution < 1.29 is 31.5 Å². The second kappa shape index (κ2) is 11.3. The number of hydrogen-bond donors (Lipinski definition) is 3. The number of amides is 1. The number of sulfonamides is 1. The van der Waals surface area contributed by atoms with Crippen LogP contribution >= 0.6 is 15.9 Å². The van der Waals surface area contributed by atoms with Gasteiger partial charge < -0.3 is 14.8 Å². The first kappa shape index (κ1) is 28.3. The predicted octanol–water partition coefficient (Wildman–Crippen LogP) is 6.63. The van der Waals surface area contributed by atoms with Gasteiger partial charge in [-0.2, -0.15) is 0 Å². The molecule has 1 heterocycles. The highest BCUT2D eigenvalue weighted by atomic mass is 79.9. The third-order valence-electron chi connectivity index (χ3n) is 6.93. The van der Waals surface area contributed by atoms with Gasteiger partial charge in [0, 0.05) is 34.1 Å². The second-order valence-corrected chi connectivity index (χ2v) is 12.5. The molecule has 0 spiro atoms. The maximum absolute atomic E-state index is 14.2. The Hall–Kier alpha value is -3.28. The van der Waals surface area contributed by atoms with E-state index >= 15 is 0 Å². The number of halogens is 3. The van der Waals surface area contributed by atoms with Crippen LogP contribution in [0, 0.1) is 11.6 Å². The molecule has 0 radical (unpaired) electrons. The van der Waals surface area contributed by atoms with Gasteiger partial charge in [-0.15, -0.1) is 0 Å². The number of hydrogen-bond acceptors (Lipinski definition) is 5. The molecule has 1 saturated carbocycles. The molecule has 1 aliphatic carbocycles. The van der Waals surface area contributed by atoms with Gasteiger partial charge >= 0.3 is 0 Å². The molecule has 40 heavy (non-hydrogen) atoms. The van der Waals surface area contributed by atoms with Gasteiger partial charge in [-0.25, -0.2) is 17.2 Å². The molecule has 1 unspecified atom stereocenters. The van der Waals surface area contributed by atoms with Crippen LogP contribution in [0.1, 0.15) is 59.2 Å². The van der Waals surface area contributed by atoms with Crippen LogP contribution in [0.5, 0.6) is 0 Å². The van der Waals surface area contributed by atoms with Crippen molar-refractivity contribution in [2.45, 2.75) is 37.7 Å². The summed E-state index contributed by atoms with van der Waals surface area (Å²) in [6, 6.07) is 13.3.